The van der Waals surface area contributed by atoms with Crippen molar-refractivity contribution in [2.45, 2.75) is 33.9 Å². The summed E-state index contributed by atoms with van der Waals surface area (Å²) in [6, 6.07) is 13.6. The zero-order valence-electron chi connectivity index (χ0n) is 17.5. The van der Waals surface area contributed by atoms with Gasteiger partial charge in [0.15, 0.2) is 0 Å². The molecule has 0 bridgehead atoms. The lowest BCUT2D eigenvalue weighted by atomic mass is 10.1. The van der Waals surface area contributed by atoms with E-state index in [1.807, 2.05) is 20.0 Å². The van der Waals surface area contributed by atoms with E-state index < -0.39 is 10.0 Å². The number of rotatable bonds is 7. The Morgan fingerprint density at radius 2 is 1.76 bits per heavy atom. The van der Waals surface area contributed by atoms with Gasteiger partial charge < -0.3 is 4.42 Å². The van der Waals surface area contributed by atoms with Crippen LogP contribution in [0.1, 0.15) is 28.1 Å². The Morgan fingerprint density at radius 3 is 2.45 bits per heavy atom. The molecule has 1 heterocycles. The van der Waals surface area contributed by atoms with Gasteiger partial charge in [0.1, 0.15) is 5.76 Å². The molecule has 0 spiro atoms. The summed E-state index contributed by atoms with van der Waals surface area (Å²) in [6.07, 6.45) is 1.12. The summed E-state index contributed by atoms with van der Waals surface area (Å²) in [6.45, 7) is 7.54. The maximum atomic E-state index is 11.7. The average molecular weight is 414 g/mol. The third-order valence-corrected chi connectivity index (χ3v) is 5.38. The minimum Gasteiger partial charge on any atom is -0.441 e. The summed E-state index contributed by atoms with van der Waals surface area (Å²) in [5.74, 6) is 1.13. The van der Waals surface area contributed by atoms with Gasteiger partial charge >= 0.3 is 0 Å². The quantitative estimate of drug-likeness (QED) is 0.626. The first kappa shape index (κ1) is 21.1. The van der Waals surface area contributed by atoms with Gasteiger partial charge in [-0.3, -0.25) is 9.62 Å². The van der Waals surface area contributed by atoms with E-state index in [4.69, 9.17) is 4.42 Å². The van der Waals surface area contributed by atoms with E-state index in [2.05, 4.69) is 46.7 Å². The van der Waals surface area contributed by atoms with Crippen molar-refractivity contribution >= 4 is 15.7 Å². The van der Waals surface area contributed by atoms with Crippen LogP contribution in [0.25, 0.3) is 11.5 Å². The smallest absolute Gasteiger partial charge is 0.229 e. The second kappa shape index (κ2) is 8.39. The molecule has 0 aliphatic carbocycles. The van der Waals surface area contributed by atoms with E-state index in [1.54, 1.807) is 18.2 Å². The van der Waals surface area contributed by atoms with E-state index in [0.717, 1.165) is 24.3 Å². The number of sulfonamides is 1. The SMILES string of the molecule is Cc1ccc(CN(C)Cc2nc(-c3ccccc3NS(C)(=O)=O)oc2C)cc1C. The topological polar surface area (TPSA) is 75.4 Å². The van der Waals surface area contributed by atoms with Crippen molar-refractivity contribution in [3.63, 3.8) is 0 Å². The number of nitrogens with one attached hydrogen (secondary N) is 1. The highest BCUT2D eigenvalue weighted by molar-refractivity contribution is 7.92. The van der Waals surface area contributed by atoms with Gasteiger partial charge in [-0.1, -0.05) is 30.3 Å². The minimum absolute atomic E-state index is 0.406. The Hall–Kier alpha value is -2.64. The Labute approximate surface area is 172 Å². The summed E-state index contributed by atoms with van der Waals surface area (Å²) in [5, 5.41) is 0. The van der Waals surface area contributed by atoms with E-state index in [1.165, 1.54) is 16.7 Å². The molecule has 0 amide bonds. The fraction of sp³-hybridized carbons (Fsp3) is 0.318. The number of oxazole rings is 1. The van der Waals surface area contributed by atoms with Gasteiger partial charge in [-0.25, -0.2) is 13.4 Å². The Bertz CT molecular complexity index is 1120. The van der Waals surface area contributed by atoms with Gasteiger partial charge in [0, 0.05) is 13.1 Å². The van der Waals surface area contributed by atoms with E-state index in [9.17, 15) is 8.42 Å². The number of anilines is 1. The van der Waals surface area contributed by atoms with Crippen molar-refractivity contribution in [3.8, 4) is 11.5 Å². The lowest BCUT2D eigenvalue weighted by molar-refractivity contribution is 0.313. The van der Waals surface area contributed by atoms with Gasteiger partial charge in [0.25, 0.3) is 0 Å². The lowest BCUT2D eigenvalue weighted by Crippen LogP contribution is -2.18. The maximum absolute atomic E-state index is 11.7. The van der Waals surface area contributed by atoms with Crippen LogP contribution in [0.4, 0.5) is 5.69 Å². The van der Waals surface area contributed by atoms with Gasteiger partial charge in [-0.05, 0) is 56.6 Å². The average Bonchev–Trinajstić information content (AvgIpc) is 2.97. The summed E-state index contributed by atoms with van der Waals surface area (Å²) in [4.78, 5) is 6.82. The second-order valence-corrected chi connectivity index (χ2v) is 9.28. The number of aromatic nitrogens is 1. The first-order valence-corrected chi connectivity index (χ1v) is 11.3. The van der Waals surface area contributed by atoms with Crippen LogP contribution in [0.3, 0.4) is 0 Å². The molecule has 0 aliphatic heterocycles. The molecule has 1 aromatic heterocycles. The lowest BCUT2D eigenvalue weighted by Gasteiger charge is -2.16. The predicted octanol–water partition coefficient (Wildman–Crippen LogP) is 4.27. The van der Waals surface area contributed by atoms with Crippen LogP contribution in [0.15, 0.2) is 46.9 Å². The van der Waals surface area contributed by atoms with Crippen molar-refractivity contribution < 1.29 is 12.8 Å². The zero-order chi connectivity index (χ0) is 21.2. The standard InChI is InChI=1S/C22H27N3O3S/c1-15-10-11-18(12-16(15)2)13-25(4)14-21-17(3)28-22(23-21)19-8-6-7-9-20(19)24-29(5,26)27/h6-12,24H,13-14H2,1-5H3. The first-order valence-electron chi connectivity index (χ1n) is 9.40. The van der Waals surface area contributed by atoms with Gasteiger partial charge in [0.2, 0.25) is 15.9 Å². The highest BCUT2D eigenvalue weighted by Crippen LogP contribution is 2.29. The summed E-state index contributed by atoms with van der Waals surface area (Å²) >= 11 is 0. The number of aryl methyl sites for hydroxylation is 3. The molecule has 7 heteroatoms. The van der Waals surface area contributed by atoms with Crippen molar-refractivity contribution in [1.29, 1.82) is 0 Å². The van der Waals surface area contributed by atoms with E-state index in [0.29, 0.717) is 23.7 Å². The molecule has 154 valence electrons. The van der Waals surface area contributed by atoms with Crippen LogP contribution in [0.5, 0.6) is 0 Å². The van der Waals surface area contributed by atoms with E-state index in [-0.39, 0.29) is 0 Å². The number of hydrogen-bond acceptors (Lipinski definition) is 5. The van der Waals surface area contributed by atoms with E-state index >= 15 is 0 Å². The summed E-state index contributed by atoms with van der Waals surface area (Å²) < 4.78 is 31.7. The molecule has 6 nitrogen and oxygen atoms in total. The van der Waals surface area contributed by atoms with Crippen molar-refractivity contribution in [2.75, 3.05) is 18.0 Å². The van der Waals surface area contributed by atoms with Crippen molar-refractivity contribution in [2.24, 2.45) is 0 Å². The molecule has 3 rings (SSSR count). The van der Waals surface area contributed by atoms with Crippen LogP contribution in [-0.2, 0) is 23.1 Å². The Kier molecular flexibility index (Phi) is 6.10. The zero-order valence-corrected chi connectivity index (χ0v) is 18.3. The molecule has 0 atom stereocenters. The highest BCUT2D eigenvalue weighted by Gasteiger charge is 2.17. The van der Waals surface area contributed by atoms with Crippen LogP contribution < -0.4 is 4.72 Å². The molecule has 0 fully saturated rings. The third kappa shape index (κ3) is 5.46. The predicted molar refractivity (Wildman–Crippen MR) is 116 cm³/mol. The first-order chi connectivity index (χ1) is 13.6. The molecular formula is C22H27N3O3S. The highest BCUT2D eigenvalue weighted by atomic mass is 32.2. The monoisotopic (exact) mass is 413 g/mol. The number of para-hydroxylation sites is 1. The summed E-state index contributed by atoms with van der Waals surface area (Å²) in [5.41, 5.74) is 5.72. The largest absolute Gasteiger partial charge is 0.441 e. The minimum atomic E-state index is -3.40. The molecule has 3 aromatic rings. The molecule has 0 aliphatic rings. The molecule has 0 saturated heterocycles. The van der Waals surface area contributed by atoms with Crippen LogP contribution >= 0.6 is 0 Å². The van der Waals surface area contributed by atoms with Crippen LogP contribution in [-0.4, -0.2) is 31.6 Å². The van der Waals surface area contributed by atoms with Gasteiger partial charge in [0.05, 0.1) is 23.2 Å². The van der Waals surface area contributed by atoms with Gasteiger partial charge in [-0.2, -0.15) is 0 Å². The molecular weight excluding hydrogens is 386 g/mol. The van der Waals surface area contributed by atoms with Crippen molar-refractivity contribution in [3.05, 3.63) is 70.6 Å². The van der Waals surface area contributed by atoms with Crippen molar-refractivity contribution in [1.82, 2.24) is 9.88 Å². The molecule has 1 N–H and O–H groups in total. The summed E-state index contributed by atoms with van der Waals surface area (Å²) in [7, 11) is -1.36. The number of benzene rings is 2. The Morgan fingerprint density at radius 1 is 1.03 bits per heavy atom. The molecule has 0 saturated carbocycles. The fourth-order valence-corrected chi connectivity index (χ4v) is 3.75. The molecule has 2 aromatic carbocycles. The number of hydrogen-bond donors (Lipinski definition) is 1. The Balaban J connectivity index is 1.79. The second-order valence-electron chi connectivity index (χ2n) is 7.53. The van der Waals surface area contributed by atoms with Gasteiger partial charge in [-0.15, -0.1) is 0 Å². The molecule has 0 radical (unpaired) electrons. The molecule has 29 heavy (non-hydrogen) atoms. The molecule has 0 unspecified atom stereocenters. The van der Waals surface area contributed by atoms with Crippen LogP contribution in [0, 0.1) is 20.8 Å². The normalized spacial score (nSPS) is 11.8. The third-order valence-electron chi connectivity index (χ3n) is 4.79. The maximum Gasteiger partial charge on any atom is 0.229 e. The van der Waals surface area contributed by atoms with Crippen LogP contribution in [0.2, 0.25) is 0 Å². The number of nitrogens with zero attached hydrogens (tertiary/aromatic N) is 2. The fourth-order valence-electron chi connectivity index (χ4n) is 3.17.